The molecule has 0 aliphatic rings. The molecular weight excluding hydrogens is 578 g/mol. The maximum Gasteiger partial charge on any atom is 0.251 e. The van der Waals surface area contributed by atoms with Crippen LogP contribution in [0.15, 0.2) is 109 Å². The van der Waals surface area contributed by atoms with Crippen LogP contribution < -0.4 is 26.4 Å². The van der Waals surface area contributed by atoms with E-state index in [-0.39, 0.29) is 31.2 Å². The van der Waals surface area contributed by atoms with Crippen LogP contribution in [-0.4, -0.2) is 41.4 Å². The first-order valence-electron chi connectivity index (χ1n) is 15.4. The minimum atomic E-state index is -0.951. The average molecular weight is 618 g/mol. The number of para-hydroxylation sites is 1. The number of H-pyrrole nitrogens is 1. The zero-order valence-electron chi connectivity index (χ0n) is 25.8. The van der Waals surface area contributed by atoms with Gasteiger partial charge in [0.1, 0.15) is 17.8 Å². The van der Waals surface area contributed by atoms with Crippen molar-refractivity contribution < 1.29 is 19.1 Å². The van der Waals surface area contributed by atoms with E-state index in [1.54, 1.807) is 24.3 Å². The van der Waals surface area contributed by atoms with E-state index in [2.05, 4.69) is 20.9 Å². The summed E-state index contributed by atoms with van der Waals surface area (Å²) in [5, 5.41) is 9.80. The molecule has 1 heterocycles. The van der Waals surface area contributed by atoms with Crippen molar-refractivity contribution >= 4 is 28.6 Å². The van der Waals surface area contributed by atoms with Gasteiger partial charge in [-0.2, -0.15) is 0 Å². The SMILES string of the molecule is CCOc1ccc(C[C@@H](NC(=O)c2ccccc2)C(=O)N[C@@H](Cc2c[nH]c3ccccc23)C(=O)NCc2ccc(CN)cc2)cc1. The summed E-state index contributed by atoms with van der Waals surface area (Å²) < 4.78 is 5.56. The predicted molar refractivity (Wildman–Crippen MR) is 179 cm³/mol. The van der Waals surface area contributed by atoms with Crippen molar-refractivity contribution in [3.05, 3.63) is 137 Å². The fourth-order valence-electron chi connectivity index (χ4n) is 5.27. The quantitative estimate of drug-likeness (QED) is 0.126. The Kier molecular flexibility index (Phi) is 10.8. The summed E-state index contributed by atoms with van der Waals surface area (Å²) in [4.78, 5) is 44.1. The molecule has 4 aromatic carbocycles. The van der Waals surface area contributed by atoms with Crippen LogP contribution in [0.4, 0.5) is 0 Å². The fourth-order valence-corrected chi connectivity index (χ4v) is 5.27. The molecule has 6 N–H and O–H groups in total. The van der Waals surface area contributed by atoms with Crippen molar-refractivity contribution in [2.75, 3.05) is 6.61 Å². The molecule has 0 aliphatic carbocycles. The van der Waals surface area contributed by atoms with Crippen molar-refractivity contribution in [2.45, 2.75) is 44.9 Å². The number of aromatic amines is 1. The van der Waals surface area contributed by atoms with Gasteiger partial charge in [-0.25, -0.2) is 0 Å². The van der Waals surface area contributed by atoms with Gasteiger partial charge in [-0.05, 0) is 59.5 Å². The monoisotopic (exact) mass is 617 g/mol. The van der Waals surface area contributed by atoms with Crippen molar-refractivity contribution in [2.24, 2.45) is 5.73 Å². The van der Waals surface area contributed by atoms with E-state index in [4.69, 9.17) is 10.5 Å². The molecule has 0 saturated carbocycles. The van der Waals surface area contributed by atoms with Gasteiger partial charge < -0.3 is 31.4 Å². The highest BCUT2D eigenvalue weighted by Gasteiger charge is 2.28. The lowest BCUT2D eigenvalue weighted by Crippen LogP contribution is -2.55. The Bertz CT molecular complexity index is 1750. The largest absolute Gasteiger partial charge is 0.494 e. The van der Waals surface area contributed by atoms with Crippen LogP contribution in [0.25, 0.3) is 10.9 Å². The van der Waals surface area contributed by atoms with Gasteiger partial charge in [0.25, 0.3) is 5.91 Å². The Morgan fingerprint density at radius 2 is 1.39 bits per heavy atom. The Labute approximate surface area is 268 Å². The first kappa shape index (κ1) is 32.0. The standard InChI is InChI=1S/C37H39N5O4/c1-2-46-30-18-16-25(17-19-30)20-33(41-35(43)28-8-4-3-5-9-28)37(45)42-34(21-29-24-39-32-11-7-6-10-31(29)32)36(44)40-23-27-14-12-26(22-38)13-15-27/h3-19,24,33-34,39H,2,20-23,38H2,1H3,(H,40,44)(H,41,43)(H,42,45)/t33-,34+/m1/s1. The molecule has 0 saturated heterocycles. The van der Waals surface area contributed by atoms with Gasteiger partial charge >= 0.3 is 0 Å². The lowest BCUT2D eigenvalue weighted by Gasteiger charge is -2.24. The van der Waals surface area contributed by atoms with Gasteiger partial charge in [0.15, 0.2) is 0 Å². The zero-order valence-corrected chi connectivity index (χ0v) is 25.8. The first-order valence-corrected chi connectivity index (χ1v) is 15.4. The highest BCUT2D eigenvalue weighted by Crippen LogP contribution is 2.20. The number of fused-ring (bicyclic) bond motifs is 1. The van der Waals surface area contributed by atoms with Crippen molar-refractivity contribution in [1.82, 2.24) is 20.9 Å². The van der Waals surface area contributed by atoms with Crippen molar-refractivity contribution in [1.29, 1.82) is 0 Å². The Balaban J connectivity index is 1.38. The second-order valence-corrected chi connectivity index (χ2v) is 11.0. The zero-order chi connectivity index (χ0) is 32.3. The van der Waals surface area contributed by atoms with Gasteiger partial charge in [0.05, 0.1) is 6.61 Å². The van der Waals surface area contributed by atoms with Gasteiger partial charge in [-0.3, -0.25) is 14.4 Å². The molecule has 0 radical (unpaired) electrons. The summed E-state index contributed by atoms with van der Waals surface area (Å²) in [6, 6.07) is 29.8. The lowest BCUT2D eigenvalue weighted by atomic mass is 10.0. The Morgan fingerprint density at radius 3 is 2.11 bits per heavy atom. The molecule has 5 aromatic rings. The van der Waals surface area contributed by atoms with Crippen LogP contribution in [0.1, 0.15) is 39.5 Å². The Hall–Kier alpha value is -5.41. The smallest absolute Gasteiger partial charge is 0.251 e. The van der Waals surface area contributed by atoms with Crippen LogP contribution in [-0.2, 0) is 35.5 Å². The number of nitrogens with two attached hydrogens (primary N) is 1. The Morgan fingerprint density at radius 1 is 0.739 bits per heavy atom. The van der Waals surface area contributed by atoms with Crippen LogP contribution in [0.2, 0.25) is 0 Å². The molecule has 1 aromatic heterocycles. The van der Waals surface area contributed by atoms with Gasteiger partial charge in [-0.1, -0.05) is 72.8 Å². The number of rotatable bonds is 14. The van der Waals surface area contributed by atoms with Crippen LogP contribution in [0.5, 0.6) is 5.75 Å². The number of hydrogen-bond acceptors (Lipinski definition) is 5. The number of carbonyl (C=O) groups excluding carboxylic acids is 3. The summed E-state index contributed by atoms with van der Waals surface area (Å²) in [6.07, 6.45) is 2.32. The summed E-state index contributed by atoms with van der Waals surface area (Å²) in [7, 11) is 0. The third-order valence-electron chi connectivity index (χ3n) is 7.79. The maximum atomic E-state index is 14.0. The highest BCUT2D eigenvalue weighted by atomic mass is 16.5. The summed E-state index contributed by atoms with van der Waals surface area (Å²) in [6.45, 7) is 3.17. The van der Waals surface area contributed by atoms with E-state index in [9.17, 15) is 14.4 Å². The van der Waals surface area contributed by atoms with Crippen LogP contribution in [0, 0.1) is 0 Å². The van der Waals surface area contributed by atoms with Gasteiger partial charge in [0.2, 0.25) is 11.8 Å². The minimum Gasteiger partial charge on any atom is -0.494 e. The molecule has 0 bridgehead atoms. The third kappa shape index (κ3) is 8.40. The average Bonchev–Trinajstić information content (AvgIpc) is 3.50. The minimum absolute atomic E-state index is 0.214. The predicted octanol–water partition coefficient (Wildman–Crippen LogP) is 4.41. The van der Waals surface area contributed by atoms with E-state index >= 15 is 0 Å². The molecule has 2 atom stereocenters. The summed E-state index contributed by atoms with van der Waals surface area (Å²) >= 11 is 0. The molecule has 9 heteroatoms. The second kappa shape index (κ2) is 15.5. The first-order chi connectivity index (χ1) is 22.4. The molecule has 46 heavy (non-hydrogen) atoms. The maximum absolute atomic E-state index is 14.0. The topological polar surface area (TPSA) is 138 Å². The highest BCUT2D eigenvalue weighted by molar-refractivity contribution is 5.98. The number of nitrogens with one attached hydrogen (secondary N) is 4. The third-order valence-corrected chi connectivity index (χ3v) is 7.79. The number of aromatic nitrogens is 1. The number of benzene rings is 4. The van der Waals surface area contributed by atoms with E-state index in [1.165, 1.54) is 0 Å². The number of ether oxygens (including phenoxy) is 1. The van der Waals surface area contributed by atoms with Crippen molar-refractivity contribution in [3.63, 3.8) is 0 Å². The molecule has 5 rings (SSSR count). The molecule has 0 fully saturated rings. The number of amides is 3. The van der Waals surface area contributed by atoms with E-state index < -0.39 is 18.0 Å². The summed E-state index contributed by atoms with van der Waals surface area (Å²) in [5.74, 6) is -0.472. The van der Waals surface area contributed by atoms with Gasteiger partial charge in [0, 0.05) is 48.6 Å². The molecule has 9 nitrogen and oxygen atoms in total. The molecule has 0 unspecified atom stereocenters. The van der Waals surface area contributed by atoms with Gasteiger partial charge in [-0.15, -0.1) is 0 Å². The normalized spacial score (nSPS) is 12.2. The number of carbonyl (C=O) groups is 3. The summed E-state index contributed by atoms with van der Waals surface area (Å²) in [5.41, 5.74) is 10.7. The van der Waals surface area contributed by atoms with E-state index in [0.717, 1.165) is 33.2 Å². The second-order valence-electron chi connectivity index (χ2n) is 11.0. The van der Waals surface area contributed by atoms with E-state index in [0.29, 0.717) is 24.5 Å². The molecule has 236 valence electrons. The van der Waals surface area contributed by atoms with Crippen molar-refractivity contribution in [3.8, 4) is 5.75 Å². The lowest BCUT2D eigenvalue weighted by molar-refractivity contribution is -0.130. The fraction of sp³-hybridized carbons (Fsp3) is 0.216. The molecule has 0 spiro atoms. The molecule has 0 aliphatic heterocycles. The molecular formula is C37H39N5O4. The molecule has 3 amide bonds. The van der Waals surface area contributed by atoms with Crippen LogP contribution >= 0.6 is 0 Å². The van der Waals surface area contributed by atoms with Crippen LogP contribution in [0.3, 0.4) is 0 Å². The van der Waals surface area contributed by atoms with E-state index in [1.807, 2.05) is 92.0 Å². The number of hydrogen-bond donors (Lipinski definition) is 5.